The van der Waals surface area contributed by atoms with Gasteiger partial charge in [0.1, 0.15) is 0 Å². The van der Waals surface area contributed by atoms with Gasteiger partial charge in [-0.25, -0.2) is 0 Å². The molecule has 31 heavy (non-hydrogen) atoms. The molecule has 1 aliphatic heterocycles. The van der Waals surface area contributed by atoms with Gasteiger partial charge in [-0.15, -0.1) is 0 Å². The fourth-order valence-electron chi connectivity index (χ4n) is 5.07. The molecule has 1 saturated heterocycles. The first kappa shape index (κ1) is 26.0. The Morgan fingerprint density at radius 1 is 1.10 bits per heavy atom. The average Bonchev–Trinajstić information content (AvgIpc) is 3.03. The Bertz CT molecular complexity index is 649. The second-order valence-electron chi connectivity index (χ2n) is 9.68. The molecule has 1 fully saturated rings. The second-order valence-corrected chi connectivity index (χ2v) is 13.7. The zero-order valence-corrected chi connectivity index (χ0v) is 20.9. The van der Waals surface area contributed by atoms with Crippen LogP contribution in [0.3, 0.4) is 0 Å². The molecule has 0 aliphatic carbocycles. The topological polar surface area (TPSA) is 70.0 Å². The first-order valence-corrected chi connectivity index (χ1v) is 15.1. The largest absolute Gasteiger partial charge is 0.432 e. The fourth-order valence-corrected chi connectivity index (χ4v) is 7.68. The van der Waals surface area contributed by atoms with Gasteiger partial charge in [0.25, 0.3) is 0 Å². The maximum Gasteiger partial charge on any atom is 0.225 e. The van der Waals surface area contributed by atoms with Crippen molar-refractivity contribution in [1.82, 2.24) is 4.90 Å². The highest BCUT2D eigenvalue weighted by Crippen LogP contribution is 2.45. The summed E-state index contributed by atoms with van der Waals surface area (Å²) < 4.78 is 6.43. The van der Waals surface area contributed by atoms with E-state index in [9.17, 15) is 14.7 Å². The lowest BCUT2D eigenvalue weighted by molar-refractivity contribution is -0.135. The van der Waals surface area contributed by atoms with E-state index in [1.54, 1.807) is 4.90 Å². The van der Waals surface area contributed by atoms with E-state index < -0.39 is 8.32 Å². The lowest BCUT2D eigenvalue weighted by Crippen LogP contribution is -2.42. The number of ether oxygens (including phenoxy) is 1. The summed E-state index contributed by atoms with van der Waals surface area (Å²) in [5.74, 6) is 0.248. The summed E-state index contributed by atoms with van der Waals surface area (Å²) in [6.45, 7) is 9.06. The molecule has 5 nitrogen and oxygen atoms in total. The third kappa shape index (κ3) is 8.01. The number of aliphatic hydroxyl groups excluding tert-OH is 1. The lowest BCUT2D eigenvalue weighted by atomic mass is 9.95. The quantitative estimate of drug-likeness (QED) is 0.337. The number of unbranched alkanes of at least 4 members (excludes halogenated alkanes) is 4. The molecule has 6 heteroatoms. The maximum atomic E-state index is 13.2. The summed E-state index contributed by atoms with van der Waals surface area (Å²) in [5, 5.41) is 9.49. The smallest absolute Gasteiger partial charge is 0.225 e. The Morgan fingerprint density at radius 3 is 2.39 bits per heavy atom. The van der Waals surface area contributed by atoms with Gasteiger partial charge in [-0.3, -0.25) is 4.79 Å². The molecule has 4 atom stereocenters. The van der Waals surface area contributed by atoms with Gasteiger partial charge in [-0.05, 0) is 31.0 Å². The van der Waals surface area contributed by atoms with Crippen LogP contribution in [-0.4, -0.2) is 54.4 Å². The summed E-state index contributed by atoms with van der Waals surface area (Å²) in [6, 6.07) is 9.86. The van der Waals surface area contributed by atoms with Crippen molar-refractivity contribution in [2.45, 2.75) is 96.2 Å². The van der Waals surface area contributed by atoms with E-state index in [4.69, 9.17) is 4.74 Å². The van der Waals surface area contributed by atoms with Crippen LogP contribution in [0.2, 0.25) is 18.6 Å². The van der Waals surface area contributed by atoms with Gasteiger partial charge in [0.15, 0.2) is 8.32 Å². The van der Waals surface area contributed by atoms with Crippen molar-refractivity contribution in [3.05, 3.63) is 35.9 Å². The molecule has 1 amide bonds. The molecular weight excluding hydrogens is 406 g/mol. The van der Waals surface area contributed by atoms with Gasteiger partial charge in [0.05, 0.1) is 25.2 Å². The second kappa shape index (κ2) is 12.7. The minimum Gasteiger partial charge on any atom is -0.432 e. The van der Waals surface area contributed by atoms with E-state index in [-0.39, 0.29) is 42.6 Å². The fraction of sp³-hybridized carbons (Fsp3) is 0.720. The van der Waals surface area contributed by atoms with Gasteiger partial charge < -0.3 is 19.5 Å². The Hall–Kier alpha value is -1.21. The minimum absolute atomic E-state index is 0.0121. The van der Waals surface area contributed by atoms with Crippen molar-refractivity contribution >= 4 is 14.2 Å². The molecule has 1 aromatic carbocycles. The van der Waals surface area contributed by atoms with E-state index in [1.165, 1.54) is 25.7 Å². The van der Waals surface area contributed by atoms with Crippen LogP contribution in [-0.2, 0) is 16.1 Å². The average molecular weight is 450 g/mol. The minimum atomic E-state index is -2.49. The summed E-state index contributed by atoms with van der Waals surface area (Å²) in [4.78, 5) is 25.9. The predicted octanol–water partition coefficient (Wildman–Crippen LogP) is 4.73. The molecule has 0 saturated carbocycles. The molecule has 1 heterocycles. The number of hydrogen-bond donors (Lipinski definition) is 2. The Labute approximate surface area is 189 Å². The van der Waals surface area contributed by atoms with Gasteiger partial charge in [0, 0.05) is 18.6 Å². The molecule has 0 unspecified atom stereocenters. The molecule has 2 rings (SSSR count). The molecule has 176 valence electrons. The first-order chi connectivity index (χ1) is 14.8. The lowest BCUT2D eigenvalue weighted by Gasteiger charge is -2.31. The van der Waals surface area contributed by atoms with Crippen molar-refractivity contribution in [2.24, 2.45) is 5.92 Å². The van der Waals surface area contributed by atoms with Crippen molar-refractivity contribution in [2.75, 3.05) is 13.2 Å². The first-order valence-electron chi connectivity index (χ1n) is 12.1. The van der Waals surface area contributed by atoms with Crippen LogP contribution in [0, 0.1) is 5.92 Å². The number of carbonyl (C=O) groups is 1. The summed E-state index contributed by atoms with van der Waals surface area (Å²) in [5.41, 5.74) is 1.09. The number of aliphatic hydroxyl groups is 1. The molecular formula is C25H43NO4Si. The highest BCUT2D eigenvalue weighted by atomic mass is 28.4. The highest BCUT2D eigenvalue weighted by Gasteiger charge is 2.50. The molecule has 0 radical (unpaired) electrons. The number of nitrogens with zero attached hydrogens (tertiary/aromatic N) is 1. The highest BCUT2D eigenvalue weighted by molar-refractivity contribution is 6.71. The Balaban J connectivity index is 2.03. The molecule has 2 N–H and O–H groups in total. The monoisotopic (exact) mass is 449 g/mol. The van der Waals surface area contributed by atoms with Crippen molar-refractivity contribution in [3.8, 4) is 0 Å². The molecule has 0 aromatic heterocycles. The Morgan fingerprint density at radius 2 is 1.77 bits per heavy atom. The van der Waals surface area contributed by atoms with E-state index in [2.05, 4.69) is 13.8 Å². The van der Waals surface area contributed by atoms with Crippen molar-refractivity contribution < 1.29 is 19.4 Å². The van der Waals surface area contributed by atoms with Crippen LogP contribution >= 0.6 is 0 Å². The van der Waals surface area contributed by atoms with Crippen LogP contribution < -0.4 is 0 Å². The van der Waals surface area contributed by atoms with Crippen LogP contribution in [0.15, 0.2) is 30.3 Å². The van der Waals surface area contributed by atoms with Crippen LogP contribution in [0.25, 0.3) is 0 Å². The van der Waals surface area contributed by atoms with Crippen LogP contribution in [0.1, 0.15) is 64.4 Å². The van der Waals surface area contributed by atoms with E-state index in [0.717, 1.165) is 18.4 Å². The number of carbonyl (C=O) groups excluding carboxylic acids is 1. The van der Waals surface area contributed by atoms with E-state index in [1.807, 2.05) is 43.4 Å². The third-order valence-electron chi connectivity index (χ3n) is 6.63. The summed E-state index contributed by atoms with van der Waals surface area (Å²) in [6.07, 6.45) is 7.27. The van der Waals surface area contributed by atoms with Crippen molar-refractivity contribution in [3.63, 3.8) is 0 Å². The van der Waals surface area contributed by atoms with Crippen LogP contribution in [0.4, 0.5) is 0 Å². The zero-order valence-electron chi connectivity index (χ0n) is 19.9. The van der Waals surface area contributed by atoms with Gasteiger partial charge >= 0.3 is 0 Å². The molecule has 1 aromatic rings. The van der Waals surface area contributed by atoms with E-state index in [0.29, 0.717) is 13.1 Å². The third-order valence-corrected chi connectivity index (χ3v) is 9.15. The number of hydrogen-bond acceptors (Lipinski definition) is 4. The molecule has 0 spiro atoms. The number of rotatable bonds is 13. The zero-order chi connectivity index (χ0) is 22.9. The molecule has 0 bridgehead atoms. The van der Waals surface area contributed by atoms with Gasteiger partial charge in [0.2, 0.25) is 5.91 Å². The maximum absolute atomic E-state index is 13.2. The number of amides is 1. The predicted molar refractivity (Wildman–Crippen MR) is 128 cm³/mol. The summed E-state index contributed by atoms with van der Waals surface area (Å²) in [7, 11) is -2.49. The Kier molecular flexibility index (Phi) is 10.7. The summed E-state index contributed by atoms with van der Waals surface area (Å²) >= 11 is 0. The van der Waals surface area contributed by atoms with Gasteiger partial charge in [-0.1, -0.05) is 76.3 Å². The van der Waals surface area contributed by atoms with Crippen LogP contribution in [0.5, 0.6) is 0 Å². The standard InChI is InChI=1S/C25H43NO4Si/c1-5-6-7-8-12-15-22-20(2)25(31(3,4)29)23(30-22)18-24(28)26(16-17-27)19-21-13-10-9-11-14-21/h9-11,13-14,20,22-23,25,27,29H,5-8,12,15-19H2,1-4H3/t20-,22+,23-,25+/m0/s1. The van der Waals surface area contributed by atoms with Gasteiger partial charge in [-0.2, -0.15) is 0 Å². The molecule has 1 aliphatic rings. The normalized spacial score (nSPS) is 23.8. The van der Waals surface area contributed by atoms with E-state index >= 15 is 0 Å². The van der Waals surface area contributed by atoms with Crippen molar-refractivity contribution in [1.29, 1.82) is 0 Å². The SMILES string of the molecule is CCCCCCC[C@H]1O[C@@H](CC(=O)N(CCO)Cc2ccccc2)[C@H]([Si](C)(C)O)[C@H]1C. The number of benzene rings is 1.